The Labute approximate surface area is 416 Å². The van der Waals surface area contributed by atoms with Crippen LogP contribution >= 0.6 is 11.6 Å². The van der Waals surface area contributed by atoms with Gasteiger partial charge in [0.05, 0.1) is 41.7 Å². The van der Waals surface area contributed by atoms with Gasteiger partial charge in [0.2, 0.25) is 11.5 Å². The predicted octanol–water partition coefficient (Wildman–Crippen LogP) is 10.3. The Bertz CT molecular complexity index is 2660. The molecule has 3 heterocycles. The molecule has 2 saturated heterocycles. The Morgan fingerprint density at radius 3 is 2.29 bits per heavy atom. The third-order valence-corrected chi connectivity index (χ3v) is 18.7. The lowest BCUT2D eigenvalue weighted by atomic mass is 9.97. The lowest BCUT2D eigenvalue weighted by molar-refractivity contribution is -0.133. The molecule has 70 heavy (non-hydrogen) atoms. The van der Waals surface area contributed by atoms with Gasteiger partial charge in [-0.3, -0.25) is 20.2 Å². The standard InChI is InChI=1S/C53H67ClN6O9Si/c1-53(2,3)70(5,6)69-47(40-16-18-45(61)50-41(40)17-19-48(62)58-50)33-55-32-37-30-42(54)44(31-46(37)66-4)57-51(64)67-34-35-20-28-60(29-21-35)49(63)24-27-59-25-22-38(23-26-59)68-52(65)56-43-15-11-10-14-39(43)36-12-8-7-9-13-36/h7-19,30-31,35,38,47,55,61H,20-29,32-34H2,1-6H3,(H,56,65)(H,57,64)(H,58,62)/t47-/m0/s1. The van der Waals surface area contributed by atoms with Gasteiger partial charge in [0, 0.05) is 80.9 Å². The van der Waals surface area contributed by atoms with Crippen molar-refractivity contribution in [2.45, 2.75) is 89.8 Å². The maximum atomic E-state index is 13.2. The number of ether oxygens (including phenoxy) is 3. The van der Waals surface area contributed by atoms with Crippen molar-refractivity contribution in [3.8, 4) is 22.6 Å². The number of aromatic hydroxyl groups is 1. The van der Waals surface area contributed by atoms with Gasteiger partial charge in [-0.25, -0.2) is 9.59 Å². The molecule has 2 fully saturated rings. The fraction of sp³-hybridized carbons (Fsp3) is 0.434. The van der Waals surface area contributed by atoms with Crippen LogP contribution in [0.15, 0.2) is 95.8 Å². The molecule has 2 aliphatic heterocycles. The maximum absolute atomic E-state index is 13.2. The first kappa shape index (κ1) is 51.9. The van der Waals surface area contributed by atoms with Crippen molar-refractivity contribution in [2.75, 3.05) is 63.6 Å². The highest BCUT2D eigenvalue weighted by atomic mass is 35.5. The zero-order valence-corrected chi connectivity index (χ0v) is 42.8. The number of phenols is 1. The summed E-state index contributed by atoms with van der Waals surface area (Å²) >= 11 is 6.72. The number of rotatable bonds is 17. The van der Waals surface area contributed by atoms with E-state index < -0.39 is 26.6 Å². The topological polar surface area (TPSA) is 184 Å². The molecule has 15 nitrogen and oxygen atoms in total. The number of hydrogen-bond donors (Lipinski definition) is 5. The number of hydrogen-bond acceptors (Lipinski definition) is 11. The van der Waals surface area contributed by atoms with Crippen LogP contribution in [0.4, 0.5) is 21.0 Å². The van der Waals surface area contributed by atoms with Crippen molar-refractivity contribution >= 4 is 60.3 Å². The molecule has 0 spiro atoms. The number of halogens is 1. The fourth-order valence-electron chi connectivity index (χ4n) is 8.75. The van der Waals surface area contributed by atoms with Gasteiger partial charge in [0.25, 0.3) is 0 Å². The van der Waals surface area contributed by atoms with Crippen LogP contribution in [0.25, 0.3) is 22.0 Å². The minimum Gasteiger partial charge on any atom is -0.506 e. The first-order valence-corrected chi connectivity index (χ1v) is 27.4. The molecular formula is C53H67ClN6O9Si. The molecule has 1 atom stereocenters. The zero-order valence-electron chi connectivity index (χ0n) is 41.1. The van der Waals surface area contributed by atoms with Crippen LogP contribution in [0.5, 0.6) is 11.5 Å². The Hall–Kier alpha value is -5.91. The summed E-state index contributed by atoms with van der Waals surface area (Å²) in [6.07, 6.45) is 1.55. The van der Waals surface area contributed by atoms with E-state index in [-0.39, 0.29) is 40.9 Å². The van der Waals surface area contributed by atoms with Gasteiger partial charge in [-0.2, -0.15) is 0 Å². The Morgan fingerprint density at radius 1 is 0.871 bits per heavy atom. The lowest BCUT2D eigenvalue weighted by Gasteiger charge is -2.39. The summed E-state index contributed by atoms with van der Waals surface area (Å²) in [6, 6.07) is 27.5. The number of anilines is 2. The number of pyridine rings is 1. The Balaban J connectivity index is 0.823. The normalized spacial score (nSPS) is 15.6. The number of phenolic OH excluding ortho intramolecular Hbond substituents is 1. The second-order valence-electron chi connectivity index (χ2n) is 19.7. The number of carbonyl (C=O) groups is 3. The Kier molecular flexibility index (Phi) is 17.3. The minimum absolute atomic E-state index is 0.0165. The van der Waals surface area contributed by atoms with Crippen LogP contribution in [0, 0.1) is 5.92 Å². The average Bonchev–Trinajstić information content (AvgIpc) is 3.34. The third-order valence-electron chi connectivity index (χ3n) is 13.9. The fourth-order valence-corrected chi connectivity index (χ4v) is 10.3. The number of nitrogens with zero attached hydrogens (tertiary/aromatic N) is 2. The number of amides is 3. The molecule has 0 unspecified atom stereocenters. The Morgan fingerprint density at radius 2 is 1.57 bits per heavy atom. The number of benzene rings is 4. The first-order chi connectivity index (χ1) is 33.5. The van der Waals surface area contributed by atoms with E-state index in [4.69, 9.17) is 30.2 Å². The van der Waals surface area contributed by atoms with Crippen LogP contribution in [0.1, 0.15) is 70.1 Å². The molecule has 0 radical (unpaired) electrons. The summed E-state index contributed by atoms with van der Waals surface area (Å²) in [6.45, 7) is 15.2. The number of nitrogens with one attached hydrogen (secondary N) is 4. The number of H-pyrrole nitrogens is 1. The number of para-hydroxylation sites is 1. The SMILES string of the molecule is COc1cc(NC(=O)OCC2CCN(C(=O)CCN3CCC(OC(=O)Nc4ccccc4-c4ccccc4)CC3)CC2)c(Cl)cc1CNC[C@H](O[Si](C)(C)C(C)(C)C)c1ccc(O)c2[nH]c(=O)ccc12. The molecular weight excluding hydrogens is 928 g/mol. The number of piperidine rings is 2. The van der Waals surface area contributed by atoms with Gasteiger partial charge in [-0.15, -0.1) is 0 Å². The van der Waals surface area contributed by atoms with Gasteiger partial charge < -0.3 is 43.8 Å². The summed E-state index contributed by atoms with van der Waals surface area (Å²) < 4.78 is 24.1. The monoisotopic (exact) mass is 994 g/mol. The number of fused-ring (bicyclic) bond motifs is 1. The van der Waals surface area contributed by atoms with E-state index in [1.807, 2.05) is 65.6 Å². The number of aromatic amines is 1. The van der Waals surface area contributed by atoms with Gasteiger partial charge in [-0.1, -0.05) is 87.0 Å². The number of methoxy groups -OCH3 is 1. The van der Waals surface area contributed by atoms with Gasteiger partial charge in [0.1, 0.15) is 17.6 Å². The van der Waals surface area contributed by atoms with E-state index in [0.717, 1.165) is 48.2 Å². The number of likely N-dealkylation sites (tertiary alicyclic amines) is 2. The van der Waals surface area contributed by atoms with Crippen molar-refractivity contribution in [1.82, 2.24) is 20.1 Å². The molecule has 5 aromatic rings. The average molecular weight is 996 g/mol. The largest absolute Gasteiger partial charge is 0.506 e. The summed E-state index contributed by atoms with van der Waals surface area (Å²) in [7, 11) is -0.746. The van der Waals surface area contributed by atoms with Gasteiger partial charge >= 0.3 is 12.2 Å². The van der Waals surface area contributed by atoms with Crippen molar-refractivity contribution in [3.63, 3.8) is 0 Å². The molecule has 0 saturated carbocycles. The van der Waals surface area contributed by atoms with Crippen molar-refractivity contribution in [3.05, 3.63) is 117 Å². The first-order valence-electron chi connectivity index (χ1n) is 24.1. The molecule has 4 aromatic carbocycles. The van der Waals surface area contributed by atoms with E-state index in [9.17, 15) is 24.3 Å². The number of aromatic nitrogens is 1. The highest BCUT2D eigenvalue weighted by molar-refractivity contribution is 6.74. The summed E-state index contributed by atoms with van der Waals surface area (Å²) in [4.78, 5) is 58.1. The van der Waals surface area contributed by atoms with Crippen LogP contribution < -0.4 is 26.2 Å². The molecule has 2 aliphatic rings. The number of carbonyl (C=O) groups excluding carboxylic acids is 3. The highest BCUT2D eigenvalue weighted by Gasteiger charge is 2.40. The third kappa shape index (κ3) is 13.5. The summed E-state index contributed by atoms with van der Waals surface area (Å²) in [5.41, 5.74) is 4.63. The molecule has 1 aromatic heterocycles. The molecule has 17 heteroatoms. The predicted molar refractivity (Wildman–Crippen MR) is 277 cm³/mol. The lowest BCUT2D eigenvalue weighted by Crippen LogP contribution is -2.43. The quantitative estimate of drug-likeness (QED) is 0.0559. The molecule has 7 rings (SSSR count). The van der Waals surface area contributed by atoms with Gasteiger partial charge in [0.15, 0.2) is 8.32 Å². The van der Waals surface area contributed by atoms with Crippen LogP contribution in [0.3, 0.4) is 0 Å². The summed E-state index contributed by atoms with van der Waals surface area (Å²) in [5.74, 6) is 0.719. The van der Waals surface area contributed by atoms with Crippen molar-refractivity contribution in [1.29, 1.82) is 0 Å². The molecule has 5 N–H and O–H groups in total. The maximum Gasteiger partial charge on any atom is 0.411 e. The molecule has 3 amide bonds. The van der Waals surface area contributed by atoms with Crippen molar-refractivity contribution < 1.29 is 38.1 Å². The van der Waals surface area contributed by atoms with Crippen LogP contribution in [-0.2, 0) is 25.2 Å². The van der Waals surface area contributed by atoms with E-state index in [1.165, 1.54) is 6.07 Å². The minimum atomic E-state index is -2.30. The van der Waals surface area contributed by atoms with Crippen molar-refractivity contribution in [2.24, 2.45) is 5.92 Å². The van der Waals surface area contributed by atoms with E-state index in [2.05, 4.69) is 59.7 Å². The van der Waals surface area contributed by atoms with Crippen LogP contribution in [0.2, 0.25) is 23.2 Å². The highest BCUT2D eigenvalue weighted by Crippen LogP contribution is 2.41. The summed E-state index contributed by atoms with van der Waals surface area (Å²) in [5, 5.41) is 20.7. The molecule has 0 bridgehead atoms. The van der Waals surface area contributed by atoms with E-state index in [1.54, 1.807) is 31.4 Å². The van der Waals surface area contributed by atoms with Gasteiger partial charge in [-0.05, 0) is 85.1 Å². The molecule has 0 aliphatic carbocycles. The van der Waals surface area contributed by atoms with Crippen LogP contribution in [-0.4, -0.2) is 105 Å². The van der Waals surface area contributed by atoms with E-state index >= 15 is 0 Å². The second-order valence-corrected chi connectivity index (χ2v) is 24.9. The smallest absolute Gasteiger partial charge is 0.411 e. The second kappa shape index (κ2) is 23.3. The zero-order chi connectivity index (χ0) is 50.0. The van der Waals surface area contributed by atoms with E-state index in [0.29, 0.717) is 85.0 Å². The molecule has 374 valence electrons.